The molecule has 1 aromatic rings. The van der Waals surface area contributed by atoms with Crippen LogP contribution < -0.4 is 5.32 Å². The van der Waals surface area contributed by atoms with Crippen molar-refractivity contribution in [2.75, 3.05) is 39.8 Å². The molecule has 2 fully saturated rings. The highest BCUT2D eigenvalue weighted by atomic mass is 16.5. The third-order valence-electron chi connectivity index (χ3n) is 5.39. The average molecular weight is 347 g/mol. The van der Waals surface area contributed by atoms with Crippen molar-refractivity contribution in [1.29, 1.82) is 0 Å². The molecule has 0 unspecified atom stereocenters. The number of carbonyl (C=O) groups is 1. The summed E-state index contributed by atoms with van der Waals surface area (Å²) in [7, 11) is 2.11. The molecule has 138 valence electrons. The van der Waals surface area contributed by atoms with Crippen LogP contribution in [0.5, 0.6) is 5.75 Å². The molecule has 2 atom stereocenters. The number of likely N-dealkylation sites (N-methyl/N-ethyl adjacent to an activating group) is 1. The Morgan fingerprint density at radius 2 is 2.04 bits per heavy atom. The normalized spacial score (nSPS) is 24.0. The topological polar surface area (TPSA) is 65.0 Å². The van der Waals surface area contributed by atoms with Gasteiger partial charge in [0.2, 0.25) is 0 Å². The van der Waals surface area contributed by atoms with Crippen molar-refractivity contribution in [2.24, 2.45) is 0 Å². The fraction of sp³-hybridized carbons (Fsp3) is 0.632. The van der Waals surface area contributed by atoms with Crippen molar-refractivity contribution < 1.29 is 14.6 Å². The van der Waals surface area contributed by atoms with Crippen LogP contribution in [0.1, 0.15) is 23.1 Å². The van der Waals surface area contributed by atoms with Gasteiger partial charge in [0, 0.05) is 26.2 Å². The number of carbonyl (C=O) groups excluding carboxylic acids is 1. The van der Waals surface area contributed by atoms with Gasteiger partial charge in [-0.3, -0.25) is 4.90 Å². The molecule has 2 amide bonds. The number of rotatable bonds is 3. The second-order valence-corrected chi connectivity index (χ2v) is 7.25. The van der Waals surface area contributed by atoms with E-state index in [1.165, 1.54) is 0 Å². The van der Waals surface area contributed by atoms with E-state index in [0.29, 0.717) is 18.3 Å². The van der Waals surface area contributed by atoms with E-state index < -0.39 is 0 Å². The summed E-state index contributed by atoms with van der Waals surface area (Å²) in [6.07, 6.45) is 1.92. The Bertz CT molecular complexity index is 611. The van der Waals surface area contributed by atoms with Gasteiger partial charge in [0.05, 0.1) is 18.8 Å². The monoisotopic (exact) mass is 347 g/mol. The lowest BCUT2D eigenvalue weighted by Gasteiger charge is -2.45. The Labute approximate surface area is 149 Å². The zero-order chi connectivity index (χ0) is 18.0. The number of hydrogen-bond acceptors (Lipinski definition) is 4. The van der Waals surface area contributed by atoms with Crippen LogP contribution in [-0.2, 0) is 11.2 Å². The van der Waals surface area contributed by atoms with Crippen LogP contribution in [0.3, 0.4) is 0 Å². The predicted molar refractivity (Wildman–Crippen MR) is 97.0 cm³/mol. The van der Waals surface area contributed by atoms with Crippen LogP contribution in [0.2, 0.25) is 0 Å². The zero-order valence-electron chi connectivity index (χ0n) is 15.4. The molecule has 3 rings (SSSR count). The van der Waals surface area contributed by atoms with Gasteiger partial charge in [-0.25, -0.2) is 4.79 Å². The quantitative estimate of drug-likeness (QED) is 0.873. The molecule has 0 spiro atoms. The lowest BCUT2D eigenvalue weighted by Crippen LogP contribution is -2.60. The fourth-order valence-corrected chi connectivity index (χ4v) is 3.84. The number of phenolic OH excluding ortho intramolecular Hbond substituents is 1. The number of morpholine rings is 1. The van der Waals surface area contributed by atoms with Gasteiger partial charge in [-0.2, -0.15) is 0 Å². The number of piperidine rings is 1. The number of nitrogens with one attached hydrogen (secondary N) is 1. The van der Waals surface area contributed by atoms with Crippen LogP contribution in [0, 0.1) is 13.8 Å². The predicted octanol–water partition coefficient (Wildman–Crippen LogP) is 1.67. The van der Waals surface area contributed by atoms with E-state index in [0.717, 1.165) is 55.8 Å². The second-order valence-electron chi connectivity index (χ2n) is 7.25. The van der Waals surface area contributed by atoms with Gasteiger partial charge in [-0.1, -0.05) is 12.1 Å². The molecule has 6 nitrogen and oxygen atoms in total. The molecule has 0 radical (unpaired) electrons. The summed E-state index contributed by atoms with van der Waals surface area (Å²) in [4.78, 5) is 16.7. The Kier molecular flexibility index (Phi) is 5.49. The largest absolute Gasteiger partial charge is 0.507 e. The third-order valence-corrected chi connectivity index (χ3v) is 5.39. The molecule has 0 aliphatic carbocycles. The maximum atomic E-state index is 12.5. The van der Waals surface area contributed by atoms with Crippen molar-refractivity contribution in [3.63, 3.8) is 0 Å². The standard InChI is InChI=1S/C19H29N3O3/c1-13-10-15(11-14(2)18(13)23)4-6-20-19(24)22-7-5-17-16(12-22)21(3)8-9-25-17/h10-11,16-17,23H,4-9,12H2,1-3H3,(H,20,24)/t16-,17+/m1/s1. The first kappa shape index (κ1) is 18.0. The minimum Gasteiger partial charge on any atom is -0.507 e. The highest BCUT2D eigenvalue weighted by Gasteiger charge is 2.36. The van der Waals surface area contributed by atoms with E-state index >= 15 is 0 Å². The summed E-state index contributed by atoms with van der Waals surface area (Å²) in [6, 6.07) is 4.27. The van der Waals surface area contributed by atoms with Crippen molar-refractivity contribution in [1.82, 2.24) is 15.1 Å². The summed E-state index contributed by atoms with van der Waals surface area (Å²) in [5.41, 5.74) is 2.89. The molecule has 0 aromatic heterocycles. The number of aromatic hydroxyl groups is 1. The van der Waals surface area contributed by atoms with Crippen LogP contribution in [0.4, 0.5) is 4.79 Å². The minimum absolute atomic E-state index is 0.00430. The number of nitrogens with zero attached hydrogens (tertiary/aromatic N) is 2. The summed E-state index contributed by atoms with van der Waals surface area (Å²) in [6.45, 7) is 7.59. The molecular formula is C19H29N3O3. The number of ether oxygens (including phenoxy) is 1. The van der Waals surface area contributed by atoms with Crippen molar-refractivity contribution >= 4 is 6.03 Å². The molecule has 2 saturated heterocycles. The Morgan fingerprint density at radius 1 is 1.32 bits per heavy atom. The molecule has 2 aliphatic heterocycles. The molecular weight excluding hydrogens is 318 g/mol. The highest BCUT2D eigenvalue weighted by Crippen LogP contribution is 2.23. The number of fused-ring (bicyclic) bond motifs is 1. The molecule has 0 bridgehead atoms. The van der Waals surface area contributed by atoms with E-state index in [4.69, 9.17) is 4.74 Å². The first-order chi connectivity index (χ1) is 12.0. The molecule has 0 saturated carbocycles. The van der Waals surface area contributed by atoms with Gasteiger partial charge in [0.15, 0.2) is 0 Å². The average Bonchev–Trinajstić information content (AvgIpc) is 2.59. The Morgan fingerprint density at radius 3 is 2.76 bits per heavy atom. The molecule has 6 heteroatoms. The minimum atomic E-state index is 0.00430. The number of amides is 2. The number of urea groups is 1. The number of phenols is 1. The van der Waals surface area contributed by atoms with Gasteiger partial charge < -0.3 is 20.1 Å². The van der Waals surface area contributed by atoms with Crippen molar-refractivity contribution in [3.05, 3.63) is 28.8 Å². The van der Waals surface area contributed by atoms with Gasteiger partial charge in [-0.15, -0.1) is 0 Å². The van der Waals surface area contributed by atoms with Crippen LogP contribution in [0.15, 0.2) is 12.1 Å². The lowest BCUT2D eigenvalue weighted by atomic mass is 9.99. The summed E-state index contributed by atoms with van der Waals surface area (Å²) < 4.78 is 5.83. The smallest absolute Gasteiger partial charge is 0.317 e. The SMILES string of the molecule is Cc1cc(CCNC(=O)N2CC[C@@H]3OCCN(C)[C@@H]3C2)cc(C)c1O. The Balaban J connectivity index is 1.49. The zero-order valence-corrected chi connectivity index (χ0v) is 15.4. The van der Waals surface area contributed by atoms with Gasteiger partial charge in [0.1, 0.15) is 5.75 Å². The van der Waals surface area contributed by atoms with Crippen LogP contribution >= 0.6 is 0 Å². The van der Waals surface area contributed by atoms with Gasteiger partial charge in [-0.05, 0) is 50.4 Å². The molecule has 1 aromatic carbocycles. The van der Waals surface area contributed by atoms with Crippen LogP contribution in [-0.4, -0.2) is 72.9 Å². The van der Waals surface area contributed by atoms with E-state index in [2.05, 4.69) is 17.3 Å². The third kappa shape index (κ3) is 4.07. The van der Waals surface area contributed by atoms with E-state index in [1.807, 2.05) is 30.9 Å². The second kappa shape index (κ2) is 7.62. The van der Waals surface area contributed by atoms with E-state index in [1.54, 1.807) is 0 Å². The number of benzene rings is 1. The number of likely N-dealkylation sites (tertiary alicyclic amines) is 1. The summed E-state index contributed by atoms with van der Waals surface area (Å²) in [5.74, 6) is 0.356. The number of hydrogen-bond donors (Lipinski definition) is 2. The Hall–Kier alpha value is -1.79. The highest BCUT2D eigenvalue weighted by molar-refractivity contribution is 5.74. The van der Waals surface area contributed by atoms with Crippen LogP contribution in [0.25, 0.3) is 0 Å². The molecule has 2 heterocycles. The van der Waals surface area contributed by atoms with Gasteiger partial charge >= 0.3 is 6.03 Å². The maximum Gasteiger partial charge on any atom is 0.317 e. The molecule has 2 N–H and O–H groups in total. The maximum absolute atomic E-state index is 12.5. The lowest BCUT2D eigenvalue weighted by molar-refractivity contribution is -0.0881. The van der Waals surface area contributed by atoms with E-state index in [9.17, 15) is 9.90 Å². The van der Waals surface area contributed by atoms with Gasteiger partial charge in [0.25, 0.3) is 0 Å². The first-order valence-corrected chi connectivity index (χ1v) is 9.09. The van der Waals surface area contributed by atoms with Crippen molar-refractivity contribution in [3.8, 4) is 5.75 Å². The summed E-state index contributed by atoms with van der Waals surface area (Å²) >= 11 is 0. The molecule has 25 heavy (non-hydrogen) atoms. The molecule has 2 aliphatic rings. The fourth-order valence-electron chi connectivity index (χ4n) is 3.84. The van der Waals surface area contributed by atoms with Crippen molar-refractivity contribution in [2.45, 2.75) is 38.8 Å². The first-order valence-electron chi connectivity index (χ1n) is 9.09. The number of aryl methyl sites for hydroxylation is 2. The van der Waals surface area contributed by atoms with E-state index in [-0.39, 0.29) is 12.1 Å². The summed E-state index contributed by atoms with van der Waals surface area (Å²) in [5, 5.41) is 12.9.